The van der Waals surface area contributed by atoms with Crippen molar-refractivity contribution in [1.82, 2.24) is 5.32 Å². The Balaban J connectivity index is 2.43. The summed E-state index contributed by atoms with van der Waals surface area (Å²) < 4.78 is 0. The molecule has 1 nitrogen and oxygen atoms in total. The van der Waals surface area contributed by atoms with Crippen LogP contribution >= 0.6 is 0 Å². The normalized spacial score (nSPS) is 20.0. The van der Waals surface area contributed by atoms with Gasteiger partial charge in [0.25, 0.3) is 0 Å². The molecule has 1 aromatic rings. The first kappa shape index (κ1) is 11.4. The molecule has 1 N–H and O–H groups in total. The third-order valence-corrected chi connectivity index (χ3v) is 3.53. The molecule has 16 heavy (non-hydrogen) atoms. The van der Waals surface area contributed by atoms with Gasteiger partial charge in [-0.1, -0.05) is 37.3 Å². The van der Waals surface area contributed by atoms with Crippen LogP contribution in [0.3, 0.4) is 0 Å². The second-order valence-corrected chi connectivity index (χ2v) is 4.70. The molecule has 1 aromatic carbocycles. The van der Waals surface area contributed by atoms with Gasteiger partial charge in [0.2, 0.25) is 0 Å². The van der Waals surface area contributed by atoms with E-state index in [0.29, 0.717) is 5.92 Å². The molecule has 1 unspecified atom stereocenters. The summed E-state index contributed by atoms with van der Waals surface area (Å²) in [7, 11) is 0. The first-order valence-electron chi connectivity index (χ1n) is 6.22. The number of hydrogen-bond donors (Lipinski definition) is 1. The van der Waals surface area contributed by atoms with Crippen molar-refractivity contribution in [3.8, 4) is 0 Å². The Morgan fingerprint density at radius 1 is 1.50 bits per heavy atom. The van der Waals surface area contributed by atoms with Crippen LogP contribution in [0.5, 0.6) is 0 Å². The number of nitrogens with one attached hydrogen (secondary N) is 1. The van der Waals surface area contributed by atoms with Crippen LogP contribution in [0, 0.1) is 0 Å². The summed E-state index contributed by atoms with van der Waals surface area (Å²) in [6.07, 6.45) is 2.38. The monoisotopic (exact) mass is 215 g/mol. The van der Waals surface area contributed by atoms with E-state index in [-0.39, 0.29) is 0 Å². The Kier molecular flexibility index (Phi) is 3.45. The lowest BCUT2D eigenvalue weighted by atomic mass is 9.87. The molecular weight excluding hydrogens is 194 g/mol. The molecule has 2 rings (SSSR count). The maximum atomic E-state index is 4.09. The SMILES string of the molecule is C=C(C)c1cccc(C2CCNC2)c1CC. The van der Waals surface area contributed by atoms with Crippen molar-refractivity contribution in [3.63, 3.8) is 0 Å². The molecule has 0 bridgehead atoms. The predicted octanol–water partition coefficient (Wildman–Crippen LogP) is 3.36. The molecule has 0 aliphatic carbocycles. The molecule has 1 aliphatic rings. The van der Waals surface area contributed by atoms with Gasteiger partial charge >= 0.3 is 0 Å². The minimum absolute atomic E-state index is 0.703. The Morgan fingerprint density at radius 2 is 2.31 bits per heavy atom. The summed E-state index contributed by atoms with van der Waals surface area (Å²) in [6, 6.07) is 6.67. The van der Waals surface area contributed by atoms with Gasteiger partial charge in [0.15, 0.2) is 0 Å². The summed E-state index contributed by atoms with van der Waals surface area (Å²) in [5.41, 5.74) is 5.58. The third-order valence-electron chi connectivity index (χ3n) is 3.53. The average molecular weight is 215 g/mol. The fourth-order valence-electron chi connectivity index (χ4n) is 2.70. The van der Waals surface area contributed by atoms with Gasteiger partial charge in [-0.25, -0.2) is 0 Å². The topological polar surface area (TPSA) is 12.0 Å². The molecule has 0 amide bonds. The molecule has 0 radical (unpaired) electrons. The zero-order valence-electron chi connectivity index (χ0n) is 10.3. The van der Waals surface area contributed by atoms with Crippen LogP contribution in [0.25, 0.3) is 5.57 Å². The number of hydrogen-bond acceptors (Lipinski definition) is 1. The summed E-state index contributed by atoms with van der Waals surface area (Å²) in [4.78, 5) is 0. The van der Waals surface area contributed by atoms with Crippen LogP contribution in [-0.4, -0.2) is 13.1 Å². The molecule has 0 aromatic heterocycles. The van der Waals surface area contributed by atoms with Crippen LogP contribution in [-0.2, 0) is 6.42 Å². The van der Waals surface area contributed by atoms with E-state index >= 15 is 0 Å². The minimum Gasteiger partial charge on any atom is -0.316 e. The lowest BCUT2D eigenvalue weighted by Crippen LogP contribution is -2.10. The average Bonchev–Trinajstić information content (AvgIpc) is 2.81. The van der Waals surface area contributed by atoms with Gasteiger partial charge in [-0.3, -0.25) is 0 Å². The summed E-state index contributed by atoms with van der Waals surface area (Å²) in [5, 5.41) is 3.45. The van der Waals surface area contributed by atoms with Crippen LogP contribution in [0.1, 0.15) is 42.9 Å². The van der Waals surface area contributed by atoms with Crippen molar-refractivity contribution in [2.24, 2.45) is 0 Å². The fraction of sp³-hybridized carbons (Fsp3) is 0.467. The number of allylic oxidation sites excluding steroid dienone is 1. The molecule has 1 heterocycles. The van der Waals surface area contributed by atoms with E-state index in [2.05, 4.69) is 43.9 Å². The molecule has 86 valence electrons. The van der Waals surface area contributed by atoms with Crippen LogP contribution in [0.2, 0.25) is 0 Å². The number of rotatable bonds is 3. The maximum absolute atomic E-state index is 4.09. The Labute approximate surface area is 98.6 Å². The van der Waals surface area contributed by atoms with E-state index in [9.17, 15) is 0 Å². The summed E-state index contributed by atoms with van der Waals surface area (Å²) in [6.45, 7) is 10.7. The predicted molar refractivity (Wildman–Crippen MR) is 70.8 cm³/mol. The van der Waals surface area contributed by atoms with E-state index in [1.165, 1.54) is 28.7 Å². The standard InChI is InChI=1S/C15H21N/c1-4-13-14(11(2)3)6-5-7-15(13)12-8-9-16-10-12/h5-7,12,16H,2,4,8-10H2,1,3H3. The van der Waals surface area contributed by atoms with Crippen molar-refractivity contribution in [3.05, 3.63) is 41.5 Å². The fourth-order valence-corrected chi connectivity index (χ4v) is 2.70. The van der Waals surface area contributed by atoms with Gasteiger partial charge < -0.3 is 5.32 Å². The zero-order valence-corrected chi connectivity index (χ0v) is 10.3. The minimum atomic E-state index is 0.703. The third kappa shape index (κ3) is 2.05. The van der Waals surface area contributed by atoms with Crippen LogP contribution in [0.15, 0.2) is 24.8 Å². The van der Waals surface area contributed by atoms with Gasteiger partial charge in [-0.2, -0.15) is 0 Å². The molecule has 1 fully saturated rings. The van der Waals surface area contributed by atoms with E-state index in [4.69, 9.17) is 0 Å². The highest BCUT2D eigenvalue weighted by molar-refractivity contribution is 5.66. The highest BCUT2D eigenvalue weighted by Gasteiger charge is 2.20. The molecule has 0 saturated carbocycles. The Bertz CT molecular complexity index is 386. The largest absolute Gasteiger partial charge is 0.316 e. The van der Waals surface area contributed by atoms with Crippen LogP contribution in [0.4, 0.5) is 0 Å². The lowest BCUT2D eigenvalue weighted by molar-refractivity contribution is 0.751. The van der Waals surface area contributed by atoms with Gasteiger partial charge in [0, 0.05) is 6.54 Å². The molecule has 1 atom stereocenters. The second-order valence-electron chi connectivity index (χ2n) is 4.70. The van der Waals surface area contributed by atoms with Crippen molar-refractivity contribution in [2.75, 3.05) is 13.1 Å². The van der Waals surface area contributed by atoms with Crippen LogP contribution < -0.4 is 5.32 Å². The highest BCUT2D eigenvalue weighted by atomic mass is 14.9. The van der Waals surface area contributed by atoms with E-state index in [0.717, 1.165) is 19.5 Å². The summed E-state index contributed by atoms with van der Waals surface area (Å²) >= 11 is 0. The first-order valence-corrected chi connectivity index (χ1v) is 6.22. The van der Waals surface area contributed by atoms with E-state index < -0.39 is 0 Å². The summed E-state index contributed by atoms with van der Waals surface area (Å²) in [5.74, 6) is 0.703. The van der Waals surface area contributed by atoms with Crippen molar-refractivity contribution < 1.29 is 0 Å². The molecule has 0 spiro atoms. The van der Waals surface area contributed by atoms with Crippen molar-refractivity contribution in [1.29, 1.82) is 0 Å². The van der Waals surface area contributed by atoms with Gasteiger partial charge in [0.05, 0.1) is 0 Å². The first-order chi connectivity index (χ1) is 7.74. The zero-order chi connectivity index (χ0) is 11.5. The number of benzene rings is 1. The molecule has 1 saturated heterocycles. The molecule has 1 aliphatic heterocycles. The maximum Gasteiger partial charge on any atom is 0.00207 e. The Morgan fingerprint density at radius 3 is 2.88 bits per heavy atom. The highest BCUT2D eigenvalue weighted by Crippen LogP contribution is 2.30. The van der Waals surface area contributed by atoms with E-state index in [1.807, 2.05) is 0 Å². The van der Waals surface area contributed by atoms with Gasteiger partial charge in [0.1, 0.15) is 0 Å². The molecule has 1 heteroatoms. The van der Waals surface area contributed by atoms with Crippen molar-refractivity contribution in [2.45, 2.75) is 32.6 Å². The second kappa shape index (κ2) is 4.84. The van der Waals surface area contributed by atoms with Gasteiger partial charge in [-0.15, -0.1) is 0 Å². The quantitative estimate of drug-likeness (QED) is 0.815. The van der Waals surface area contributed by atoms with Gasteiger partial charge in [-0.05, 0) is 48.9 Å². The Hall–Kier alpha value is -1.08. The van der Waals surface area contributed by atoms with Crippen molar-refractivity contribution >= 4 is 5.57 Å². The molecular formula is C15H21N. The lowest BCUT2D eigenvalue weighted by Gasteiger charge is -2.17. The van der Waals surface area contributed by atoms with E-state index in [1.54, 1.807) is 0 Å². The smallest absolute Gasteiger partial charge is 0.00207 e.